The standard InChI is InChI=1S/C19H20N2O2/c1-3-13-4-9-18-14(10-13)11-15(19(22)21-18)12-20-16-5-7-17(23-2)8-6-16/h4-11,20H,3,12H2,1-2H3,(H,21,22). The molecule has 0 radical (unpaired) electrons. The van der Waals surface area contributed by atoms with Gasteiger partial charge in [-0.15, -0.1) is 0 Å². The molecule has 4 heteroatoms. The van der Waals surface area contributed by atoms with Crippen LogP contribution in [0.2, 0.25) is 0 Å². The Kier molecular flexibility index (Phi) is 4.33. The van der Waals surface area contributed by atoms with E-state index < -0.39 is 0 Å². The van der Waals surface area contributed by atoms with Crippen molar-refractivity contribution >= 4 is 16.6 Å². The van der Waals surface area contributed by atoms with E-state index in [1.807, 2.05) is 42.5 Å². The summed E-state index contributed by atoms with van der Waals surface area (Å²) >= 11 is 0. The number of pyridine rings is 1. The maximum atomic E-state index is 12.2. The number of fused-ring (bicyclic) bond motifs is 1. The number of H-pyrrole nitrogens is 1. The Bertz CT molecular complexity index is 867. The molecule has 0 aliphatic heterocycles. The van der Waals surface area contributed by atoms with Crippen molar-refractivity contribution in [2.45, 2.75) is 19.9 Å². The summed E-state index contributed by atoms with van der Waals surface area (Å²) < 4.78 is 5.14. The number of rotatable bonds is 5. The van der Waals surface area contributed by atoms with Gasteiger partial charge in [-0.3, -0.25) is 4.79 Å². The third-order valence-electron chi connectivity index (χ3n) is 3.97. The van der Waals surface area contributed by atoms with E-state index in [1.54, 1.807) is 7.11 Å². The van der Waals surface area contributed by atoms with Crippen molar-refractivity contribution in [1.82, 2.24) is 4.98 Å². The third-order valence-corrected chi connectivity index (χ3v) is 3.97. The average Bonchev–Trinajstić information content (AvgIpc) is 2.60. The number of anilines is 1. The highest BCUT2D eigenvalue weighted by molar-refractivity contribution is 5.79. The SMILES string of the molecule is CCc1ccc2[nH]c(=O)c(CNc3ccc(OC)cc3)cc2c1. The van der Waals surface area contributed by atoms with E-state index in [9.17, 15) is 4.79 Å². The van der Waals surface area contributed by atoms with E-state index in [2.05, 4.69) is 23.3 Å². The minimum absolute atomic E-state index is 0.0530. The third kappa shape index (κ3) is 3.37. The van der Waals surface area contributed by atoms with Crippen LogP contribution in [-0.2, 0) is 13.0 Å². The van der Waals surface area contributed by atoms with Gasteiger partial charge in [0.1, 0.15) is 5.75 Å². The summed E-state index contributed by atoms with van der Waals surface area (Å²) in [6.45, 7) is 2.60. The minimum Gasteiger partial charge on any atom is -0.497 e. The van der Waals surface area contributed by atoms with Crippen molar-refractivity contribution < 1.29 is 4.74 Å². The van der Waals surface area contributed by atoms with Crippen molar-refractivity contribution in [2.75, 3.05) is 12.4 Å². The van der Waals surface area contributed by atoms with Crippen LogP contribution < -0.4 is 15.6 Å². The maximum Gasteiger partial charge on any atom is 0.253 e. The monoisotopic (exact) mass is 308 g/mol. The molecule has 118 valence electrons. The molecule has 2 aromatic carbocycles. The molecule has 1 heterocycles. The lowest BCUT2D eigenvalue weighted by Crippen LogP contribution is -2.15. The molecule has 3 aromatic rings. The first-order chi connectivity index (χ1) is 11.2. The molecular weight excluding hydrogens is 288 g/mol. The largest absolute Gasteiger partial charge is 0.497 e. The fraction of sp³-hybridized carbons (Fsp3) is 0.211. The molecule has 23 heavy (non-hydrogen) atoms. The molecule has 0 amide bonds. The van der Waals surface area contributed by atoms with Gasteiger partial charge >= 0.3 is 0 Å². The molecule has 0 aliphatic rings. The van der Waals surface area contributed by atoms with Crippen molar-refractivity contribution in [3.05, 3.63) is 70.0 Å². The Morgan fingerprint density at radius 1 is 1.09 bits per heavy atom. The predicted molar refractivity (Wildman–Crippen MR) is 94.3 cm³/mol. The van der Waals surface area contributed by atoms with Gasteiger partial charge in [-0.25, -0.2) is 0 Å². The molecule has 1 aromatic heterocycles. The van der Waals surface area contributed by atoms with E-state index in [0.29, 0.717) is 6.54 Å². The van der Waals surface area contributed by atoms with Crippen LogP contribution in [0.3, 0.4) is 0 Å². The van der Waals surface area contributed by atoms with Crippen molar-refractivity contribution in [3.8, 4) is 5.75 Å². The first kappa shape index (κ1) is 15.2. The number of aromatic nitrogens is 1. The van der Waals surface area contributed by atoms with Crippen LogP contribution in [-0.4, -0.2) is 12.1 Å². The Hall–Kier alpha value is -2.75. The van der Waals surface area contributed by atoms with E-state index in [-0.39, 0.29) is 5.56 Å². The molecule has 0 saturated heterocycles. The highest BCUT2D eigenvalue weighted by atomic mass is 16.5. The van der Waals surface area contributed by atoms with Crippen LogP contribution in [0.5, 0.6) is 5.75 Å². The second-order valence-corrected chi connectivity index (χ2v) is 5.48. The second kappa shape index (κ2) is 6.57. The number of aromatic amines is 1. The van der Waals surface area contributed by atoms with Gasteiger partial charge in [0.25, 0.3) is 5.56 Å². The van der Waals surface area contributed by atoms with E-state index in [1.165, 1.54) is 5.56 Å². The number of methoxy groups -OCH3 is 1. The van der Waals surface area contributed by atoms with Gasteiger partial charge in [-0.05, 0) is 59.8 Å². The Labute approximate surface area is 135 Å². The van der Waals surface area contributed by atoms with Gasteiger partial charge in [-0.2, -0.15) is 0 Å². The van der Waals surface area contributed by atoms with E-state index in [0.717, 1.165) is 34.3 Å². The number of aryl methyl sites for hydroxylation is 1. The highest BCUT2D eigenvalue weighted by Crippen LogP contribution is 2.17. The van der Waals surface area contributed by atoms with Crippen LogP contribution in [0.25, 0.3) is 10.9 Å². The van der Waals surface area contributed by atoms with Crippen molar-refractivity contribution in [2.24, 2.45) is 0 Å². The average molecular weight is 308 g/mol. The topological polar surface area (TPSA) is 54.1 Å². The number of ether oxygens (including phenoxy) is 1. The van der Waals surface area contributed by atoms with Gasteiger partial charge < -0.3 is 15.0 Å². The summed E-state index contributed by atoms with van der Waals surface area (Å²) in [4.78, 5) is 15.1. The summed E-state index contributed by atoms with van der Waals surface area (Å²) in [6.07, 6.45) is 0.981. The van der Waals surface area contributed by atoms with Gasteiger partial charge in [0.05, 0.1) is 7.11 Å². The molecule has 3 rings (SSSR count). The maximum absolute atomic E-state index is 12.2. The molecule has 0 aliphatic carbocycles. The lowest BCUT2D eigenvalue weighted by atomic mass is 10.1. The fourth-order valence-corrected chi connectivity index (χ4v) is 2.56. The Balaban J connectivity index is 1.83. The zero-order valence-corrected chi connectivity index (χ0v) is 13.3. The quantitative estimate of drug-likeness (QED) is 0.755. The summed E-state index contributed by atoms with van der Waals surface area (Å²) in [5.41, 5.74) is 3.76. The van der Waals surface area contributed by atoms with Gasteiger partial charge in [0.2, 0.25) is 0 Å². The predicted octanol–water partition coefficient (Wildman–Crippen LogP) is 3.71. The van der Waals surface area contributed by atoms with Crippen LogP contribution in [0.1, 0.15) is 18.1 Å². The Morgan fingerprint density at radius 2 is 1.87 bits per heavy atom. The molecule has 0 atom stereocenters. The van der Waals surface area contributed by atoms with Crippen molar-refractivity contribution in [1.29, 1.82) is 0 Å². The zero-order chi connectivity index (χ0) is 16.2. The lowest BCUT2D eigenvalue weighted by molar-refractivity contribution is 0.415. The normalized spacial score (nSPS) is 10.7. The first-order valence-electron chi connectivity index (χ1n) is 7.72. The summed E-state index contributed by atoms with van der Waals surface area (Å²) in [6, 6.07) is 15.8. The smallest absolute Gasteiger partial charge is 0.253 e. The zero-order valence-electron chi connectivity index (χ0n) is 13.3. The molecule has 4 nitrogen and oxygen atoms in total. The fourth-order valence-electron chi connectivity index (χ4n) is 2.56. The summed E-state index contributed by atoms with van der Waals surface area (Å²) in [5.74, 6) is 0.811. The molecule has 0 fully saturated rings. The van der Waals surface area contributed by atoms with Crippen LogP contribution in [0, 0.1) is 0 Å². The number of nitrogens with one attached hydrogen (secondary N) is 2. The summed E-state index contributed by atoms with van der Waals surface area (Å²) in [5, 5.41) is 4.34. The molecule has 0 saturated carbocycles. The Morgan fingerprint density at radius 3 is 2.57 bits per heavy atom. The van der Waals surface area contributed by atoms with Gasteiger partial charge in [0, 0.05) is 23.3 Å². The van der Waals surface area contributed by atoms with Crippen LogP contribution in [0.4, 0.5) is 5.69 Å². The minimum atomic E-state index is -0.0530. The highest BCUT2D eigenvalue weighted by Gasteiger charge is 2.04. The number of hydrogen-bond acceptors (Lipinski definition) is 3. The second-order valence-electron chi connectivity index (χ2n) is 5.48. The van der Waals surface area contributed by atoms with Gasteiger partial charge in [0.15, 0.2) is 0 Å². The molecule has 0 spiro atoms. The van der Waals surface area contributed by atoms with Crippen molar-refractivity contribution in [3.63, 3.8) is 0 Å². The van der Waals surface area contributed by atoms with E-state index >= 15 is 0 Å². The van der Waals surface area contributed by atoms with Crippen LogP contribution in [0.15, 0.2) is 53.3 Å². The summed E-state index contributed by atoms with van der Waals surface area (Å²) in [7, 11) is 1.64. The molecular formula is C19H20N2O2. The molecule has 2 N–H and O–H groups in total. The molecule has 0 bridgehead atoms. The van der Waals surface area contributed by atoms with E-state index in [4.69, 9.17) is 4.74 Å². The molecule has 0 unspecified atom stereocenters. The first-order valence-corrected chi connectivity index (χ1v) is 7.72. The number of hydrogen-bond donors (Lipinski definition) is 2. The van der Waals surface area contributed by atoms with Crippen LogP contribution >= 0.6 is 0 Å². The van der Waals surface area contributed by atoms with Gasteiger partial charge in [-0.1, -0.05) is 13.0 Å². The lowest BCUT2D eigenvalue weighted by Gasteiger charge is -2.08. The number of benzene rings is 2.